The molecule has 3 nitrogen and oxygen atoms in total. The summed E-state index contributed by atoms with van der Waals surface area (Å²) in [7, 11) is 0. The van der Waals surface area contributed by atoms with E-state index in [2.05, 4.69) is 16.5 Å². The van der Waals surface area contributed by atoms with E-state index in [1.807, 2.05) is 13.0 Å². The van der Waals surface area contributed by atoms with Gasteiger partial charge in [0.15, 0.2) is 5.82 Å². The van der Waals surface area contributed by atoms with Gasteiger partial charge in [-0.05, 0) is 38.3 Å². The number of aromatic nitrogens is 2. The molecule has 1 aliphatic carbocycles. The molecule has 0 amide bonds. The van der Waals surface area contributed by atoms with Crippen molar-refractivity contribution >= 4 is 11.0 Å². The van der Waals surface area contributed by atoms with Crippen LogP contribution in [0.1, 0.15) is 51.4 Å². The predicted molar refractivity (Wildman–Crippen MR) is 74.4 cm³/mol. The lowest BCUT2D eigenvalue weighted by Gasteiger charge is -2.24. The van der Waals surface area contributed by atoms with Crippen molar-refractivity contribution in [3.05, 3.63) is 29.8 Å². The lowest BCUT2D eigenvalue weighted by atomic mass is 9.96. The number of rotatable bonds is 4. The maximum absolute atomic E-state index is 13.9. The Morgan fingerprint density at radius 1 is 1.47 bits per heavy atom. The van der Waals surface area contributed by atoms with Crippen LogP contribution in [0.3, 0.4) is 0 Å². The van der Waals surface area contributed by atoms with Crippen molar-refractivity contribution < 1.29 is 4.39 Å². The average Bonchev–Trinajstić information content (AvgIpc) is 3.09. The smallest absolute Gasteiger partial charge is 0.151 e. The van der Waals surface area contributed by atoms with Gasteiger partial charge in [0, 0.05) is 6.04 Å². The topological polar surface area (TPSA) is 43.8 Å². The fourth-order valence-electron chi connectivity index (χ4n) is 2.82. The number of imidazole rings is 1. The molecule has 1 aromatic heterocycles. The molecule has 1 aromatic carbocycles. The molecule has 19 heavy (non-hydrogen) atoms. The fraction of sp³-hybridized carbons (Fsp3) is 0.533. The number of fused-ring (bicyclic) bond motifs is 1. The molecule has 1 heterocycles. The van der Waals surface area contributed by atoms with E-state index in [9.17, 15) is 4.39 Å². The first-order valence-electron chi connectivity index (χ1n) is 7.00. The summed E-state index contributed by atoms with van der Waals surface area (Å²) in [6.45, 7) is 4.10. The Balaban J connectivity index is 2.23. The van der Waals surface area contributed by atoms with Gasteiger partial charge in [-0.1, -0.05) is 19.4 Å². The van der Waals surface area contributed by atoms with Gasteiger partial charge < -0.3 is 10.3 Å². The van der Waals surface area contributed by atoms with Crippen LogP contribution in [0.5, 0.6) is 0 Å². The quantitative estimate of drug-likeness (QED) is 0.915. The molecule has 2 aromatic rings. The molecular formula is C15H20FN3. The van der Waals surface area contributed by atoms with Crippen LogP contribution in [0.2, 0.25) is 0 Å². The van der Waals surface area contributed by atoms with Crippen molar-refractivity contribution in [3.63, 3.8) is 0 Å². The Morgan fingerprint density at radius 3 is 2.84 bits per heavy atom. The lowest BCUT2D eigenvalue weighted by molar-refractivity contribution is 0.402. The molecule has 0 aliphatic heterocycles. The minimum Gasteiger partial charge on any atom is -0.323 e. The maximum Gasteiger partial charge on any atom is 0.151 e. The molecule has 1 aliphatic rings. The number of nitrogens with two attached hydrogens (primary N) is 1. The van der Waals surface area contributed by atoms with E-state index < -0.39 is 5.54 Å². The third-order valence-electron chi connectivity index (χ3n) is 3.86. The first kappa shape index (κ1) is 12.6. The van der Waals surface area contributed by atoms with Gasteiger partial charge in [0.05, 0.1) is 11.1 Å². The van der Waals surface area contributed by atoms with Gasteiger partial charge in [0.1, 0.15) is 11.3 Å². The van der Waals surface area contributed by atoms with Crippen LogP contribution in [0.4, 0.5) is 4.39 Å². The summed E-state index contributed by atoms with van der Waals surface area (Å²) < 4.78 is 16.1. The zero-order chi connectivity index (χ0) is 13.6. The van der Waals surface area contributed by atoms with Crippen molar-refractivity contribution in [2.75, 3.05) is 0 Å². The van der Waals surface area contributed by atoms with Crippen LogP contribution in [0, 0.1) is 5.82 Å². The highest BCUT2D eigenvalue weighted by molar-refractivity contribution is 5.77. The minimum absolute atomic E-state index is 0.259. The average molecular weight is 261 g/mol. The monoisotopic (exact) mass is 261 g/mol. The van der Waals surface area contributed by atoms with Gasteiger partial charge in [-0.15, -0.1) is 0 Å². The van der Waals surface area contributed by atoms with Crippen molar-refractivity contribution in [2.45, 2.75) is 51.1 Å². The number of nitrogens with zero attached hydrogens (tertiary/aromatic N) is 2. The summed E-state index contributed by atoms with van der Waals surface area (Å²) in [5.41, 5.74) is 7.26. The van der Waals surface area contributed by atoms with Crippen molar-refractivity contribution in [1.29, 1.82) is 0 Å². The summed E-state index contributed by atoms with van der Waals surface area (Å²) in [6.07, 6.45) is 4.11. The SMILES string of the molecule is CCCC(C)(N)c1nc2c(F)cccc2n1C1CC1. The van der Waals surface area contributed by atoms with Crippen molar-refractivity contribution in [1.82, 2.24) is 9.55 Å². The van der Waals surface area contributed by atoms with Crippen molar-refractivity contribution in [2.24, 2.45) is 5.73 Å². The molecule has 1 fully saturated rings. The third kappa shape index (κ3) is 2.04. The Labute approximate surface area is 112 Å². The standard InChI is InChI=1S/C15H20FN3/c1-3-9-15(2,17)14-18-13-11(16)5-4-6-12(13)19(14)10-7-8-10/h4-6,10H,3,7-9,17H2,1-2H3. The zero-order valence-electron chi connectivity index (χ0n) is 11.5. The second kappa shape index (κ2) is 4.30. The molecule has 4 heteroatoms. The highest BCUT2D eigenvalue weighted by Gasteiger charge is 2.35. The number of hydrogen-bond acceptors (Lipinski definition) is 2. The van der Waals surface area contributed by atoms with Crippen LogP contribution < -0.4 is 5.73 Å². The fourth-order valence-corrected chi connectivity index (χ4v) is 2.82. The lowest BCUT2D eigenvalue weighted by Crippen LogP contribution is -2.36. The van der Waals surface area contributed by atoms with Crippen LogP contribution >= 0.6 is 0 Å². The number of halogens is 1. The largest absolute Gasteiger partial charge is 0.323 e. The molecule has 0 saturated heterocycles. The molecule has 0 radical (unpaired) electrons. The van der Waals surface area contributed by atoms with E-state index in [1.165, 1.54) is 6.07 Å². The Bertz CT molecular complexity index is 611. The summed E-state index contributed by atoms with van der Waals surface area (Å²) >= 11 is 0. The second-order valence-electron chi connectivity index (χ2n) is 5.81. The van der Waals surface area contributed by atoms with E-state index >= 15 is 0 Å². The van der Waals surface area contributed by atoms with Gasteiger partial charge in [0.2, 0.25) is 0 Å². The Morgan fingerprint density at radius 2 is 2.21 bits per heavy atom. The highest BCUT2D eigenvalue weighted by Crippen LogP contribution is 2.41. The van der Waals surface area contributed by atoms with Gasteiger partial charge in [-0.2, -0.15) is 0 Å². The van der Waals surface area contributed by atoms with Gasteiger partial charge in [-0.25, -0.2) is 9.37 Å². The summed E-state index contributed by atoms with van der Waals surface area (Å²) in [5.74, 6) is 0.572. The van der Waals surface area contributed by atoms with Gasteiger partial charge >= 0.3 is 0 Å². The molecule has 2 N–H and O–H groups in total. The predicted octanol–water partition coefficient (Wildman–Crippen LogP) is 3.48. The van der Waals surface area contributed by atoms with E-state index in [-0.39, 0.29) is 5.82 Å². The maximum atomic E-state index is 13.9. The Kier molecular flexibility index (Phi) is 2.86. The molecule has 1 unspecified atom stereocenters. The number of para-hydroxylation sites is 1. The number of hydrogen-bond donors (Lipinski definition) is 1. The zero-order valence-corrected chi connectivity index (χ0v) is 11.5. The first-order chi connectivity index (χ1) is 9.04. The second-order valence-corrected chi connectivity index (χ2v) is 5.81. The van der Waals surface area contributed by atoms with Gasteiger partial charge in [0.25, 0.3) is 0 Å². The van der Waals surface area contributed by atoms with Crippen LogP contribution in [0.25, 0.3) is 11.0 Å². The summed E-state index contributed by atoms with van der Waals surface area (Å²) in [4.78, 5) is 4.53. The molecule has 3 rings (SSSR count). The van der Waals surface area contributed by atoms with Crippen LogP contribution in [-0.2, 0) is 5.54 Å². The summed E-state index contributed by atoms with van der Waals surface area (Å²) in [6, 6.07) is 5.59. The Hall–Kier alpha value is -1.42. The minimum atomic E-state index is -0.497. The molecule has 1 atom stereocenters. The molecular weight excluding hydrogens is 241 g/mol. The van der Waals surface area contributed by atoms with Crippen LogP contribution in [0.15, 0.2) is 18.2 Å². The van der Waals surface area contributed by atoms with E-state index in [0.717, 1.165) is 37.0 Å². The first-order valence-corrected chi connectivity index (χ1v) is 7.00. The van der Waals surface area contributed by atoms with Crippen molar-refractivity contribution in [3.8, 4) is 0 Å². The van der Waals surface area contributed by atoms with E-state index in [0.29, 0.717) is 11.6 Å². The summed E-state index contributed by atoms with van der Waals surface area (Å²) in [5, 5.41) is 0. The highest BCUT2D eigenvalue weighted by atomic mass is 19.1. The van der Waals surface area contributed by atoms with Crippen LogP contribution in [-0.4, -0.2) is 9.55 Å². The van der Waals surface area contributed by atoms with E-state index in [4.69, 9.17) is 5.73 Å². The number of benzene rings is 1. The molecule has 0 spiro atoms. The third-order valence-corrected chi connectivity index (χ3v) is 3.86. The normalized spacial score (nSPS) is 18.7. The molecule has 0 bridgehead atoms. The van der Waals surface area contributed by atoms with Gasteiger partial charge in [-0.3, -0.25) is 0 Å². The molecule has 1 saturated carbocycles. The van der Waals surface area contributed by atoms with E-state index in [1.54, 1.807) is 6.07 Å². The molecule has 102 valence electrons.